The molecule has 2 amide bonds. The Morgan fingerprint density at radius 2 is 1.68 bits per heavy atom. The third-order valence-corrected chi connectivity index (χ3v) is 5.24. The Hall–Kier alpha value is -1.89. The van der Waals surface area contributed by atoms with E-state index in [-0.39, 0.29) is 11.3 Å². The lowest BCUT2D eigenvalue weighted by Crippen LogP contribution is -2.57. The standard InChI is InChI=1S/C15H20N2O4S/c1-10(2)16-13(18)11-8-6-7-9-12(11)17(22(16,20)21)14(19)15(3,4)5/h6-10H,1-5H3. The fourth-order valence-electron chi connectivity index (χ4n) is 2.29. The van der Waals surface area contributed by atoms with Crippen LogP contribution in [0.3, 0.4) is 0 Å². The van der Waals surface area contributed by atoms with Gasteiger partial charge in [-0.3, -0.25) is 9.59 Å². The zero-order valence-corrected chi connectivity index (χ0v) is 14.1. The van der Waals surface area contributed by atoms with Crippen molar-refractivity contribution in [3.63, 3.8) is 0 Å². The van der Waals surface area contributed by atoms with Crippen molar-refractivity contribution in [3.05, 3.63) is 29.8 Å². The number of rotatable bonds is 1. The lowest BCUT2D eigenvalue weighted by molar-refractivity contribution is -0.124. The van der Waals surface area contributed by atoms with Crippen LogP contribution >= 0.6 is 0 Å². The molecule has 1 aromatic rings. The molecule has 0 radical (unpaired) electrons. The Morgan fingerprint density at radius 1 is 1.14 bits per heavy atom. The number of amides is 2. The van der Waals surface area contributed by atoms with Crippen molar-refractivity contribution in [2.75, 3.05) is 4.31 Å². The van der Waals surface area contributed by atoms with E-state index in [0.717, 1.165) is 8.61 Å². The van der Waals surface area contributed by atoms with Crippen molar-refractivity contribution in [2.24, 2.45) is 5.41 Å². The van der Waals surface area contributed by atoms with Gasteiger partial charge < -0.3 is 0 Å². The molecular weight excluding hydrogens is 304 g/mol. The van der Waals surface area contributed by atoms with E-state index in [1.54, 1.807) is 46.8 Å². The highest BCUT2D eigenvalue weighted by Crippen LogP contribution is 2.36. The van der Waals surface area contributed by atoms with Crippen LogP contribution in [-0.4, -0.2) is 30.6 Å². The number of hydrogen-bond donors (Lipinski definition) is 0. The number of carbonyl (C=O) groups excluding carboxylic acids is 2. The summed E-state index contributed by atoms with van der Waals surface area (Å²) in [5.41, 5.74) is -0.573. The summed E-state index contributed by atoms with van der Waals surface area (Å²) in [6.07, 6.45) is 0. The summed E-state index contributed by atoms with van der Waals surface area (Å²) in [6, 6.07) is 5.68. The first-order chi connectivity index (χ1) is 9.99. The van der Waals surface area contributed by atoms with E-state index in [0.29, 0.717) is 0 Å². The summed E-state index contributed by atoms with van der Waals surface area (Å²) < 4.78 is 27.2. The van der Waals surface area contributed by atoms with Crippen LogP contribution in [0, 0.1) is 5.41 Å². The Labute approximate surface area is 130 Å². The fraction of sp³-hybridized carbons (Fsp3) is 0.467. The number of fused-ring (bicyclic) bond motifs is 1. The van der Waals surface area contributed by atoms with Crippen molar-refractivity contribution in [3.8, 4) is 0 Å². The first-order valence-electron chi connectivity index (χ1n) is 7.02. The summed E-state index contributed by atoms with van der Waals surface area (Å²) in [5.74, 6) is -1.18. The van der Waals surface area contributed by atoms with Crippen molar-refractivity contribution in [1.82, 2.24) is 4.31 Å². The highest BCUT2D eigenvalue weighted by molar-refractivity contribution is 7.92. The lowest BCUT2D eigenvalue weighted by Gasteiger charge is -2.39. The van der Waals surface area contributed by atoms with Gasteiger partial charge in [-0.15, -0.1) is 0 Å². The maximum Gasteiger partial charge on any atom is 0.335 e. The summed E-state index contributed by atoms with van der Waals surface area (Å²) in [6.45, 7) is 8.13. The third-order valence-electron chi connectivity index (χ3n) is 3.33. The molecule has 0 atom stereocenters. The molecule has 22 heavy (non-hydrogen) atoms. The zero-order valence-electron chi connectivity index (χ0n) is 13.3. The van der Waals surface area contributed by atoms with Gasteiger partial charge in [0, 0.05) is 11.5 Å². The number of hydrogen-bond acceptors (Lipinski definition) is 4. The van der Waals surface area contributed by atoms with E-state index in [9.17, 15) is 18.0 Å². The molecule has 6 nitrogen and oxygen atoms in total. The average Bonchev–Trinajstić information content (AvgIpc) is 2.36. The quantitative estimate of drug-likeness (QED) is 0.793. The van der Waals surface area contributed by atoms with Gasteiger partial charge in [0.2, 0.25) is 5.91 Å². The summed E-state index contributed by atoms with van der Waals surface area (Å²) in [5, 5.41) is 0. The molecule has 7 heteroatoms. The normalized spacial score (nSPS) is 17.6. The van der Waals surface area contributed by atoms with E-state index in [4.69, 9.17) is 0 Å². The molecular formula is C15H20N2O4S. The highest BCUT2D eigenvalue weighted by atomic mass is 32.2. The largest absolute Gasteiger partial charge is 0.335 e. The molecule has 0 aromatic heterocycles. The van der Waals surface area contributed by atoms with E-state index in [2.05, 4.69) is 0 Å². The van der Waals surface area contributed by atoms with Crippen LogP contribution in [0.15, 0.2) is 24.3 Å². The van der Waals surface area contributed by atoms with E-state index >= 15 is 0 Å². The number of carbonyl (C=O) groups is 2. The molecule has 0 spiro atoms. The molecule has 1 aliphatic rings. The Balaban J connectivity index is 2.78. The third kappa shape index (κ3) is 2.39. The predicted molar refractivity (Wildman–Crippen MR) is 83.6 cm³/mol. The Kier molecular flexibility index (Phi) is 3.81. The second-order valence-corrected chi connectivity index (χ2v) is 8.19. The van der Waals surface area contributed by atoms with Crippen molar-refractivity contribution < 1.29 is 18.0 Å². The summed E-state index contributed by atoms with van der Waals surface area (Å²) in [7, 11) is -4.24. The van der Waals surface area contributed by atoms with Gasteiger partial charge in [-0.1, -0.05) is 32.9 Å². The molecule has 2 rings (SSSR count). The van der Waals surface area contributed by atoms with Crippen LogP contribution < -0.4 is 4.31 Å². The summed E-state index contributed by atoms with van der Waals surface area (Å²) >= 11 is 0. The molecule has 0 fully saturated rings. The highest BCUT2D eigenvalue weighted by Gasteiger charge is 2.48. The van der Waals surface area contributed by atoms with Gasteiger partial charge in [0.25, 0.3) is 5.91 Å². The number of benzene rings is 1. The predicted octanol–water partition coefficient (Wildman–Crippen LogP) is 2.17. The first-order valence-corrected chi connectivity index (χ1v) is 8.41. The zero-order chi connectivity index (χ0) is 16.9. The van der Waals surface area contributed by atoms with Gasteiger partial charge in [0.15, 0.2) is 0 Å². The van der Waals surface area contributed by atoms with E-state index in [1.165, 1.54) is 12.1 Å². The molecule has 0 unspecified atom stereocenters. The molecule has 0 N–H and O–H groups in total. The van der Waals surface area contributed by atoms with Crippen molar-refractivity contribution in [2.45, 2.75) is 40.7 Å². The molecule has 0 bridgehead atoms. The number of anilines is 1. The van der Waals surface area contributed by atoms with Gasteiger partial charge in [-0.05, 0) is 26.0 Å². The maximum atomic E-state index is 12.8. The van der Waals surface area contributed by atoms with Crippen LogP contribution in [-0.2, 0) is 15.0 Å². The van der Waals surface area contributed by atoms with Crippen LogP contribution in [0.2, 0.25) is 0 Å². The number of nitrogens with zero attached hydrogens (tertiary/aromatic N) is 2. The minimum atomic E-state index is -4.24. The topological polar surface area (TPSA) is 74.8 Å². The second kappa shape index (κ2) is 5.08. The van der Waals surface area contributed by atoms with Gasteiger partial charge in [-0.25, -0.2) is 4.31 Å². The monoisotopic (exact) mass is 324 g/mol. The van der Waals surface area contributed by atoms with E-state index < -0.39 is 33.5 Å². The van der Waals surface area contributed by atoms with E-state index in [1.807, 2.05) is 0 Å². The van der Waals surface area contributed by atoms with Crippen LogP contribution in [0.25, 0.3) is 0 Å². The Morgan fingerprint density at radius 3 is 2.18 bits per heavy atom. The lowest BCUT2D eigenvalue weighted by atomic mass is 9.95. The SMILES string of the molecule is CC(C)N1C(=O)c2ccccc2N(C(=O)C(C)(C)C)S1(=O)=O. The van der Waals surface area contributed by atoms with Crippen molar-refractivity contribution >= 4 is 27.7 Å². The molecule has 0 saturated heterocycles. The molecule has 1 heterocycles. The van der Waals surface area contributed by atoms with Crippen LogP contribution in [0.5, 0.6) is 0 Å². The number of para-hydroxylation sites is 1. The van der Waals surface area contributed by atoms with Gasteiger partial charge in [0.05, 0.1) is 11.3 Å². The molecule has 1 aromatic carbocycles. The molecule has 120 valence electrons. The van der Waals surface area contributed by atoms with Crippen molar-refractivity contribution in [1.29, 1.82) is 0 Å². The Bertz CT molecular complexity index is 732. The fourth-order valence-corrected chi connectivity index (χ4v) is 4.19. The average molecular weight is 324 g/mol. The van der Waals surface area contributed by atoms with Crippen LogP contribution in [0.1, 0.15) is 45.0 Å². The maximum absolute atomic E-state index is 12.8. The van der Waals surface area contributed by atoms with Gasteiger partial charge in [0.1, 0.15) is 0 Å². The molecule has 1 aliphatic heterocycles. The smallest absolute Gasteiger partial charge is 0.273 e. The molecule has 0 saturated carbocycles. The van der Waals surface area contributed by atoms with Crippen LogP contribution in [0.4, 0.5) is 5.69 Å². The minimum Gasteiger partial charge on any atom is -0.273 e. The van der Waals surface area contributed by atoms with Gasteiger partial charge >= 0.3 is 10.2 Å². The first kappa shape index (κ1) is 16.5. The minimum absolute atomic E-state index is 0.115. The van der Waals surface area contributed by atoms with Gasteiger partial charge in [-0.2, -0.15) is 12.7 Å². The summed E-state index contributed by atoms with van der Waals surface area (Å²) in [4.78, 5) is 25.2. The molecule has 0 aliphatic carbocycles. The second-order valence-electron chi connectivity index (χ2n) is 6.54.